The third-order valence-corrected chi connectivity index (χ3v) is 3.90. The minimum Gasteiger partial charge on any atom is -0.258 e. The Hall–Kier alpha value is -0.900. The number of alkyl halides is 1. The smallest absolute Gasteiger partial charge is 0.258 e. The van der Waals surface area contributed by atoms with Gasteiger partial charge in [0.05, 0.1) is 4.92 Å². The van der Waals surface area contributed by atoms with Crippen LogP contribution in [0.25, 0.3) is 0 Å². The minimum absolute atomic E-state index is 0.0872. The highest BCUT2D eigenvalue weighted by Crippen LogP contribution is 2.30. The van der Waals surface area contributed by atoms with E-state index in [1.54, 1.807) is 18.2 Å². The molecule has 0 aliphatic heterocycles. The highest BCUT2D eigenvalue weighted by Gasteiger charge is 2.23. The average Bonchev–Trinajstić information content (AvgIpc) is 2.17. The molecule has 4 heteroatoms. The van der Waals surface area contributed by atoms with Crippen LogP contribution in [0.1, 0.15) is 25.0 Å². The number of nitro benzene ring substituents is 1. The molecule has 0 bridgehead atoms. The second-order valence-electron chi connectivity index (χ2n) is 4.27. The van der Waals surface area contributed by atoms with Crippen molar-refractivity contribution in [2.75, 3.05) is 5.33 Å². The molecular formula is C11H14BrNO2. The van der Waals surface area contributed by atoms with Crippen molar-refractivity contribution >= 4 is 21.6 Å². The summed E-state index contributed by atoms with van der Waals surface area (Å²) >= 11 is 3.43. The number of hydrogen-bond acceptors (Lipinski definition) is 2. The molecule has 1 rings (SSSR count). The van der Waals surface area contributed by atoms with Gasteiger partial charge in [0.1, 0.15) is 0 Å². The molecule has 1 aromatic carbocycles. The summed E-state index contributed by atoms with van der Waals surface area (Å²) in [6.07, 6.45) is 0. The van der Waals surface area contributed by atoms with Crippen LogP contribution in [-0.2, 0) is 5.41 Å². The van der Waals surface area contributed by atoms with Gasteiger partial charge in [0, 0.05) is 17.5 Å². The Labute approximate surface area is 97.8 Å². The molecule has 0 aliphatic rings. The molecule has 82 valence electrons. The van der Waals surface area contributed by atoms with Crippen molar-refractivity contribution in [2.45, 2.75) is 26.2 Å². The highest BCUT2D eigenvalue weighted by molar-refractivity contribution is 9.09. The molecular weight excluding hydrogens is 258 g/mol. The minimum atomic E-state index is -0.354. The number of non-ortho nitro benzene ring substituents is 1. The molecule has 0 unspecified atom stereocenters. The van der Waals surface area contributed by atoms with Crippen LogP contribution in [0.3, 0.4) is 0 Å². The monoisotopic (exact) mass is 271 g/mol. The van der Waals surface area contributed by atoms with Crippen molar-refractivity contribution < 1.29 is 4.92 Å². The first-order valence-corrected chi connectivity index (χ1v) is 5.82. The Morgan fingerprint density at radius 2 is 2.07 bits per heavy atom. The number of rotatable bonds is 3. The van der Waals surface area contributed by atoms with Gasteiger partial charge >= 0.3 is 0 Å². The summed E-state index contributed by atoms with van der Waals surface area (Å²) in [6.45, 7) is 6.10. The van der Waals surface area contributed by atoms with Gasteiger partial charge in [0.25, 0.3) is 5.69 Å². The molecule has 3 nitrogen and oxygen atoms in total. The van der Waals surface area contributed by atoms with Crippen molar-refractivity contribution in [3.05, 3.63) is 39.4 Å². The first-order valence-electron chi connectivity index (χ1n) is 4.70. The summed E-state index contributed by atoms with van der Waals surface area (Å²) in [7, 11) is 0. The summed E-state index contributed by atoms with van der Waals surface area (Å²) in [6, 6.07) is 5.01. The lowest BCUT2D eigenvalue weighted by molar-refractivity contribution is -0.385. The molecule has 0 aliphatic carbocycles. The quantitative estimate of drug-likeness (QED) is 0.479. The Morgan fingerprint density at radius 3 is 2.53 bits per heavy atom. The van der Waals surface area contributed by atoms with Crippen LogP contribution in [-0.4, -0.2) is 10.3 Å². The fourth-order valence-corrected chi connectivity index (χ4v) is 1.83. The zero-order chi connectivity index (χ0) is 11.6. The molecule has 0 spiro atoms. The lowest BCUT2D eigenvalue weighted by atomic mass is 9.84. The van der Waals surface area contributed by atoms with E-state index in [9.17, 15) is 10.1 Å². The van der Waals surface area contributed by atoms with Crippen molar-refractivity contribution in [3.8, 4) is 0 Å². The zero-order valence-electron chi connectivity index (χ0n) is 9.08. The van der Waals surface area contributed by atoms with E-state index in [4.69, 9.17) is 0 Å². The van der Waals surface area contributed by atoms with E-state index >= 15 is 0 Å². The molecule has 0 atom stereocenters. The molecule has 0 heterocycles. The van der Waals surface area contributed by atoms with Gasteiger partial charge in [-0.25, -0.2) is 0 Å². The lowest BCUT2D eigenvalue weighted by Gasteiger charge is -2.24. The number of halogens is 1. The van der Waals surface area contributed by atoms with Crippen LogP contribution < -0.4 is 0 Å². The first-order chi connectivity index (χ1) is 6.88. The number of aryl methyl sites for hydroxylation is 1. The number of nitrogens with zero attached hydrogens (tertiary/aromatic N) is 1. The van der Waals surface area contributed by atoms with E-state index in [0.717, 1.165) is 16.5 Å². The van der Waals surface area contributed by atoms with E-state index in [-0.39, 0.29) is 16.0 Å². The maximum absolute atomic E-state index is 10.7. The number of hydrogen-bond donors (Lipinski definition) is 0. The second-order valence-corrected chi connectivity index (χ2v) is 4.83. The Bertz CT molecular complexity index is 388. The predicted octanol–water partition coefficient (Wildman–Crippen LogP) is 3.58. The first kappa shape index (κ1) is 12.2. The third kappa shape index (κ3) is 2.56. The van der Waals surface area contributed by atoms with E-state index in [1.807, 2.05) is 6.92 Å². The van der Waals surface area contributed by atoms with Gasteiger partial charge in [-0.05, 0) is 23.5 Å². The van der Waals surface area contributed by atoms with Gasteiger partial charge in [0.15, 0.2) is 0 Å². The maximum Gasteiger partial charge on any atom is 0.269 e. The molecule has 0 aromatic heterocycles. The van der Waals surface area contributed by atoms with Crippen molar-refractivity contribution in [1.82, 2.24) is 0 Å². The van der Waals surface area contributed by atoms with Gasteiger partial charge in [-0.3, -0.25) is 10.1 Å². The van der Waals surface area contributed by atoms with Crippen LogP contribution in [0.4, 0.5) is 5.69 Å². The number of nitro groups is 1. The average molecular weight is 272 g/mol. The van der Waals surface area contributed by atoms with Crippen molar-refractivity contribution in [3.63, 3.8) is 0 Å². The van der Waals surface area contributed by atoms with Crippen LogP contribution in [0.5, 0.6) is 0 Å². The molecule has 0 fully saturated rings. The number of benzene rings is 1. The predicted molar refractivity (Wildman–Crippen MR) is 64.7 cm³/mol. The zero-order valence-corrected chi connectivity index (χ0v) is 10.7. The Kier molecular flexibility index (Phi) is 3.50. The maximum atomic E-state index is 10.7. The Balaban J connectivity index is 3.28. The molecule has 0 saturated carbocycles. The third-order valence-electron chi connectivity index (χ3n) is 2.50. The summed E-state index contributed by atoms with van der Waals surface area (Å²) in [4.78, 5) is 10.3. The second kappa shape index (κ2) is 4.31. The Morgan fingerprint density at radius 1 is 1.47 bits per heavy atom. The fraction of sp³-hybridized carbons (Fsp3) is 0.455. The van der Waals surface area contributed by atoms with Crippen LogP contribution >= 0.6 is 15.9 Å². The SMILES string of the molecule is Cc1ccc([N+](=O)[O-])cc1C(C)(C)CBr. The molecule has 0 amide bonds. The van der Waals surface area contributed by atoms with Gasteiger partial charge in [0.2, 0.25) is 0 Å². The van der Waals surface area contributed by atoms with E-state index < -0.39 is 0 Å². The summed E-state index contributed by atoms with van der Waals surface area (Å²) in [5.74, 6) is 0. The van der Waals surface area contributed by atoms with E-state index in [2.05, 4.69) is 29.8 Å². The molecule has 1 aromatic rings. The normalized spacial score (nSPS) is 11.5. The van der Waals surface area contributed by atoms with Gasteiger partial charge in [-0.2, -0.15) is 0 Å². The molecule has 0 radical (unpaired) electrons. The summed E-state index contributed by atoms with van der Waals surface area (Å²) in [5, 5.41) is 11.5. The largest absolute Gasteiger partial charge is 0.269 e. The summed E-state index contributed by atoms with van der Waals surface area (Å²) < 4.78 is 0. The van der Waals surface area contributed by atoms with Crippen LogP contribution in [0.2, 0.25) is 0 Å². The van der Waals surface area contributed by atoms with Gasteiger partial charge < -0.3 is 0 Å². The molecule has 0 N–H and O–H groups in total. The standard InChI is InChI=1S/C11H14BrNO2/c1-8-4-5-9(13(14)15)6-10(8)11(2,3)7-12/h4-6H,7H2,1-3H3. The van der Waals surface area contributed by atoms with Crippen LogP contribution in [0.15, 0.2) is 18.2 Å². The topological polar surface area (TPSA) is 43.1 Å². The summed E-state index contributed by atoms with van der Waals surface area (Å²) in [5.41, 5.74) is 2.18. The van der Waals surface area contributed by atoms with E-state index in [0.29, 0.717) is 0 Å². The fourth-order valence-electron chi connectivity index (χ4n) is 1.52. The van der Waals surface area contributed by atoms with Crippen molar-refractivity contribution in [1.29, 1.82) is 0 Å². The van der Waals surface area contributed by atoms with E-state index in [1.165, 1.54) is 0 Å². The lowest BCUT2D eigenvalue weighted by Crippen LogP contribution is -2.20. The highest BCUT2D eigenvalue weighted by atomic mass is 79.9. The molecule has 0 saturated heterocycles. The molecule has 15 heavy (non-hydrogen) atoms. The van der Waals surface area contributed by atoms with Gasteiger partial charge in [-0.1, -0.05) is 35.8 Å². The van der Waals surface area contributed by atoms with Crippen molar-refractivity contribution in [2.24, 2.45) is 0 Å². The van der Waals surface area contributed by atoms with Gasteiger partial charge in [-0.15, -0.1) is 0 Å². The van der Waals surface area contributed by atoms with Crippen LogP contribution in [0, 0.1) is 17.0 Å².